The quantitative estimate of drug-likeness (QED) is 0.640. The van der Waals surface area contributed by atoms with Crippen LogP contribution in [0.15, 0.2) is 0 Å². The van der Waals surface area contributed by atoms with E-state index >= 15 is 0 Å². The maximum absolute atomic E-state index is 9.24. The molecule has 1 aliphatic carbocycles. The third kappa shape index (κ3) is 2.24. The molecular weight excluding hydrogens is 183 g/mol. The summed E-state index contributed by atoms with van der Waals surface area (Å²) >= 11 is 11.7. The first-order valence-corrected chi connectivity index (χ1v) is 4.88. The normalized spacial score (nSPS) is 39.5. The standard InChI is InChI=1S/C8H14Cl2O/c1-8(7(9)10)4-2-6(11)3-5-8/h6-7,11H,2-5H2,1H3. The number of halogens is 2. The van der Waals surface area contributed by atoms with Crippen LogP contribution in [0.3, 0.4) is 0 Å². The molecular formula is C8H14Cl2O. The molecule has 66 valence electrons. The molecule has 0 radical (unpaired) electrons. The van der Waals surface area contributed by atoms with Gasteiger partial charge in [0.15, 0.2) is 0 Å². The fourth-order valence-electron chi connectivity index (χ4n) is 1.48. The zero-order chi connectivity index (χ0) is 8.48. The Balaban J connectivity index is 2.48. The Hall–Kier alpha value is 0.540. The number of hydrogen-bond acceptors (Lipinski definition) is 1. The van der Waals surface area contributed by atoms with Gasteiger partial charge in [0.2, 0.25) is 0 Å². The first-order chi connectivity index (χ1) is 5.04. The van der Waals surface area contributed by atoms with Gasteiger partial charge in [-0.15, -0.1) is 23.2 Å². The largest absolute Gasteiger partial charge is 0.393 e. The minimum atomic E-state index is -0.296. The topological polar surface area (TPSA) is 20.2 Å². The fourth-order valence-corrected chi connectivity index (χ4v) is 1.92. The van der Waals surface area contributed by atoms with Crippen LogP contribution in [0.4, 0.5) is 0 Å². The van der Waals surface area contributed by atoms with Gasteiger partial charge in [-0.05, 0) is 31.1 Å². The molecule has 0 unspecified atom stereocenters. The van der Waals surface area contributed by atoms with Crippen LogP contribution in [-0.4, -0.2) is 16.0 Å². The highest BCUT2D eigenvalue weighted by atomic mass is 35.5. The summed E-state index contributed by atoms with van der Waals surface area (Å²) in [5, 5.41) is 9.24. The molecule has 0 bridgehead atoms. The molecule has 0 heterocycles. The van der Waals surface area contributed by atoms with Crippen molar-refractivity contribution in [3.8, 4) is 0 Å². The molecule has 0 amide bonds. The van der Waals surface area contributed by atoms with E-state index in [4.69, 9.17) is 23.2 Å². The number of rotatable bonds is 1. The van der Waals surface area contributed by atoms with Crippen molar-refractivity contribution in [1.29, 1.82) is 0 Å². The second-order valence-electron chi connectivity index (χ2n) is 3.69. The first kappa shape index (κ1) is 9.63. The molecule has 1 N–H and O–H groups in total. The Morgan fingerprint density at radius 2 is 1.82 bits per heavy atom. The number of hydrogen-bond donors (Lipinski definition) is 1. The summed E-state index contributed by atoms with van der Waals surface area (Å²) in [5.74, 6) is 0. The van der Waals surface area contributed by atoms with Crippen LogP contribution in [0, 0.1) is 5.41 Å². The highest BCUT2D eigenvalue weighted by Gasteiger charge is 2.35. The summed E-state index contributed by atoms with van der Waals surface area (Å²) < 4.78 is 0. The van der Waals surface area contributed by atoms with Crippen LogP contribution in [0.25, 0.3) is 0 Å². The number of aliphatic hydroxyl groups is 1. The van der Waals surface area contributed by atoms with Crippen LogP contribution in [0.2, 0.25) is 0 Å². The van der Waals surface area contributed by atoms with Gasteiger partial charge in [0.1, 0.15) is 4.84 Å². The van der Waals surface area contributed by atoms with E-state index in [0.29, 0.717) is 0 Å². The molecule has 0 aromatic carbocycles. The van der Waals surface area contributed by atoms with E-state index in [1.165, 1.54) is 0 Å². The third-order valence-electron chi connectivity index (χ3n) is 2.62. The van der Waals surface area contributed by atoms with Crippen LogP contribution >= 0.6 is 23.2 Å². The average Bonchev–Trinajstić information content (AvgIpc) is 1.95. The van der Waals surface area contributed by atoms with E-state index in [1.54, 1.807) is 0 Å². The van der Waals surface area contributed by atoms with Crippen LogP contribution in [0.5, 0.6) is 0 Å². The van der Waals surface area contributed by atoms with Crippen LogP contribution in [-0.2, 0) is 0 Å². The zero-order valence-electron chi connectivity index (χ0n) is 6.69. The highest BCUT2D eigenvalue weighted by Crippen LogP contribution is 2.42. The van der Waals surface area contributed by atoms with Crippen molar-refractivity contribution in [3.05, 3.63) is 0 Å². The molecule has 1 fully saturated rings. The van der Waals surface area contributed by atoms with Crippen molar-refractivity contribution >= 4 is 23.2 Å². The monoisotopic (exact) mass is 196 g/mol. The molecule has 0 aromatic heterocycles. The van der Waals surface area contributed by atoms with Gasteiger partial charge in [0.05, 0.1) is 6.10 Å². The molecule has 1 saturated carbocycles. The Morgan fingerprint density at radius 3 is 2.18 bits per heavy atom. The third-order valence-corrected chi connectivity index (χ3v) is 3.68. The second kappa shape index (κ2) is 3.51. The molecule has 0 spiro atoms. The van der Waals surface area contributed by atoms with Gasteiger partial charge in [-0.25, -0.2) is 0 Å². The molecule has 3 heteroatoms. The first-order valence-electron chi connectivity index (χ1n) is 4.01. The van der Waals surface area contributed by atoms with Gasteiger partial charge in [-0.2, -0.15) is 0 Å². The number of alkyl halides is 2. The van der Waals surface area contributed by atoms with E-state index in [9.17, 15) is 5.11 Å². The Bertz CT molecular complexity index is 128. The fraction of sp³-hybridized carbons (Fsp3) is 1.00. The van der Waals surface area contributed by atoms with Gasteiger partial charge >= 0.3 is 0 Å². The molecule has 11 heavy (non-hydrogen) atoms. The number of aliphatic hydroxyl groups excluding tert-OH is 1. The molecule has 0 saturated heterocycles. The molecule has 1 nitrogen and oxygen atoms in total. The van der Waals surface area contributed by atoms with Crippen molar-refractivity contribution in [3.63, 3.8) is 0 Å². The summed E-state index contributed by atoms with van der Waals surface area (Å²) in [6, 6.07) is 0. The summed E-state index contributed by atoms with van der Waals surface area (Å²) in [7, 11) is 0. The smallest absolute Gasteiger partial charge is 0.113 e. The van der Waals surface area contributed by atoms with Gasteiger partial charge in [0.25, 0.3) is 0 Å². The lowest BCUT2D eigenvalue weighted by molar-refractivity contribution is 0.0776. The van der Waals surface area contributed by atoms with Crippen molar-refractivity contribution in [2.24, 2.45) is 5.41 Å². The SMILES string of the molecule is CC1(C(Cl)Cl)CCC(O)CC1. The minimum absolute atomic E-state index is 0.0301. The molecule has 1 aliphatic rings. The maximum Gasteiger partial charge on any atom is 0.113 e. The molecule has 0 atom stereocenters. The average molecular weight is 197 g/mol. The lowest BCUT2D eigenvalue weighted by Gasteiger charge is -2.36. The lowest BCUT2D eigenvalue weighted by atomic mass is 9.76. The van der Waals surface area contributed by atoms with Crippen molar-refractivity contribution in [2.75, 3.05) is 0 Å². The van der Waals surface area contributed by atoms with E-state index in [0.717, 1.165) is 25.7 Å². The minimum Gasteiger partial charge on any atom is -0.393 e. The summed E-state index contributed by atoms with van der Waals surface area (Å²) in [4.78, 5) is -0.296. The second-order valence-corrected chi connectivity index (χ2v) is 4.78. The van der Waals surface area contributed by atoms with Crippen LogP contribution in [0.1, 0.15) is 32.6 Å². The van der Waals surface area contributed by atoms with Gasteiger partial charge < -0.3 is 5.11 Å². The Kier molecular flexibility index (Phi) is 3.07. The van der Waals surface area contributed by atoms with E-state index in [2.05, 4.69) is 6.92 Å². The Labute approximate surface area is 77.7 Å². The lowest BCUT2D eigenvalue weighted by Crippen LogP contribution is -2.31. The summed E-state index contributed by atoms with van der Waals surface area (Å²) in [5.41, 5.74) is 0.0301. The molecule has 0 aliphatic heterocycles. The highest BCUT2D eigenvalue weighted by molar-refractivity contribution is 6.44. The van der Waals surface area contributed by atoms with Crippen molar-refractivity contribution in [2.45, 2.75) is 43.5 Å². The van der Waals surface area contributed by atoms with Gasteiger partial charge in [0, 0.05) is 0 Å². The van der Waals surface area contributed by atoms with Crippen molar-refractivity contribution in [1.82, 2.24) is 0 Å². The van der Waals surface area contributed by atoms with Gasteiger partial charge in [-0.3, -0.25) is 0 Å². The predicted molar refractivity (Wildman–Crippen MR) is 48.1 cm³/mol. The van der Waals surface area contributed by atoms with Crippen molar-refractivity contribution < 1.29 is 5.11 Å². The summed E-state index contributed by atoms with van der Waals surface area (Å²) in [6.07, 6.45) is 3.42. The van der Waals surface area contributed by atoms with E-state index < -0.39 is 0 Å². The van der Waals surface area contributed by atoms with E-state index in [1.807, 2.05) is 0 Å². The molecule has 0 aromatic rings. The zero-order valence-corrected chi connectivity index (χ0v) is 8.20. The predicted octanol–water partition coefficient (Wildman–Crippen LogP) is 2.73. The van der Waals surface area contributed by atoms with E-state index in [-0.39, 0.29) is 16.4 Å². The Morgan fingerprint density at radius 1 is 1.36 bits per heavy atom. The summed E-state index contributed by atoms with van der Waals surface area (Å²) in [6.45, 7) is 2.09. The maximum atomic E-state index is 9.24. The van der Waals surface area contributed by atoms with Crippen LogP contribution < -0.4 is 0 Å². The molecule has 1 rings (SSSR count). The van der Waals surface area contributed by atoms with Gasteiger partial charge in [-0.1, -0.05) is 6.92 Å².